The molecule has 1 saturated carbocycles. The van der Waals surface area contributed by atoms with E-state index < -0.39 is 0 Å². The third kappa shape index (κ3) is 4.88. The third-order valence-electron chi connectivity index (χ3n) is 5.07. The monoisotopic (exact) mass is 432 g/mol. The molecule has 30 heavy (non-hydrogen) atoms. The molecule has 4 rings (SSSR count). The molecular weight excluding hydrogens is 408 g/mol. The van der Waals surface area contributed by atoms with Crippen molar-refractivity contribution in [1.29, 1.82) is 0 Å². The van der Waals surface area contributed by atoms with Crippen LogP contribution in [0.4, 0.5) is 5.69 Å². The highest BCUT2D eigenvalue weighted by Gasteiger charge is 2.20. The first kappa shape index (κ1) is 20.5. The Labute approximate surface area is 178 Å². The number of ether oxygens (including phenoxy) is 2. The van der Waals surface area contributed by atoms with E-state index in [-0.39, 0.29) is 43.6 Å². The molecule has 1 aromatic carbocycles. The van der Waals surface area contributed by atoms with Crippen LogP contribution in [0, 0.1) is 0 Å². The highest BCUT2D eigenvalue weighted by molar-refractivity contribution is 7.99. The van der Waals surface area contributed by atoms with Gasteiger partial charge in [0.1, 0.15) is 6.54 Å². The molecule has 1 aromatic heterocycles. The summed E-state index contributed by atoms with van der Waals surface area (Å²) in [5, 5.41) is 15.9. The van der Waals surface area contributed by atoms with Crippen LogP contribution in [0.2, 0.25) is 0 Å². The van der Waals surface area contributed by atoms with E-state index in [4.69, 9.17) is 9.47 Å². The Hall–Kier alpha value is -2.72. The smallest absolute Gasteiger partial charge is 0.240 e. The molecule has 0 unspecified atom stereocenters. The summed E-state index contributed by atoms with van der Waals surface area (Å²) in [5.74, 6) is 1.03. The van der Waals surface area contributed by atoms with Crippen molar-refractivity contribution >= 4 is 29.3 Å². The molecule has 0 spiro atoms. The number of anilines is 1. The van der Waals surface area contributed by atoms with Crippen LogP contribution in [-0.2, 0) is 22.7 Å². The molecule has 10 heteroatoms. The molecule has 2 heterocycles. The first-order valence-electron chi connectivity index (χ1n) is 9.89. The van der Waals surface area contributed by atoms with E-state index in [9.17, 15) is 14.7 Å². The number of nitrogens with zero attached hydrogens (tertiary/aromatic N) is 2. The van der Waals surface area contributed by atoms with Gasteiger partial charge in [-0.1, -0.05) is 24.6 Å². The van der Waals surface area contributed by atoms with E-state index in [0.29, 0.717) is 28.0 Å². The number of aliphatic hydroxyl groups excluding tert-OH is 1. The second kappa shape index (κ2) is 9.40. The minimum atomic E-state index is -0.229. The van der Waals surface area contributed by atoms with Crippen molar-refractivity contribution in [1.82, 2.24) is 14.9 Å². The van der Waals surface area contributed by atoms with Crippen molar-refractivity contribution in [3.8, 4) is 11.5 Å². The standard InChI is InChI=1S/C20H24N4O5S/c25-10-15-8-21-20(24(15)9-18(26)22-13-3-1-2-4-13)30-11-19(27)23-14-5-6-16-17(7-14)29-12-28-16/h5-8,13,25H,1-4,9-12H2,(H,22,26)(H,23,27). The molecule has 2 aromatic rings. The summed E-state index contributed by atoms with van der Waals surface area (Å²) in [4.78, 5) is 29.0. The number of aliphatic hydroxyl groups is 1. The number of benzene rings is 1. The average molecular weight is 433 g/mol. The van der Waals surface area contributed by atoms with Gasteiger partial charge in [0.15, 0.2) is 16.7 Å². The number of carbonyl (C=O) groups excluding carboxylic acids is 2. The van der Waals surface area contributed by atoms with Crippen LogP contribution in [0.1, 0.15) is 31.4 Å². The highest BCUT2D eigenvalue weighted by Crippen LogP contribution is 2.34. The number of carbonyl (C=O) groups is 2. The average Bonchev–Trinajstić information content (AvgIpc) is 3.47. The topological polar surface area (TPSA) is 115 Å². The van der Waals surface area contributed by atoms with Gasteiger partial charge in [-0.2, -0.15) is 0 Å². The fraction of sp³-hybridized carbons (Fsp3) is 0.450. The fourth-order valence-corrected chi connectivity index (χ4v) is 4.39. The van der Waals surface area contributed by atoms with E-state index >= 15 is 0 Å². The summed E-state index contributed by atoms with van der Waals surface area (Å²) < 4.78 is 12.2. The largest absolute Gasteiger partial charge is 0.454 e. The lowest BCUT2D eigenvalue weighted by molar-refractivity contribution is -0.122. The van der Waals surface area contributed by atoms with E-state index in [1.54, 1.807) is 22.8 Å². The maximum atomic E-state index is 12.4. The molecule has 2 amide bonds. The molecule has 1 aliphatic heterocycles. The predicted octanol–water partition coefficient (Wildman–Crippen LogP) is 1.89. The maximum absolute atomic E-state index is 12.4. The van der Waals surface area contributed by atoms with E-state index in [0.717, 1.165) is 25.7 Å². The summed E-state index contributed by atoms with van der Waals surface area (Å²) in [6.45, 7) is 0.0128. The number of thioether (sulfide) groups is 1. The molecule has 2 aliphatic rings. The first-order chi connectivity index (χ1) is 14.6. The molecule has 160 valence electrons. The number of imidazole rings is 1. The Kier molecular flexibility index (Phi) is 6.44. The number of hydrogen-bond acceptors (Lipinski definition) is 7. The molecule has 0 saturated heterocycles. The Balaban J connectivity index is 1.34. The zero-order valence-corrected chi connectivity index (χ0v) is 17.2. The minimum Gasteiger partial charge on any atom is -0.454 e. The summed E-state index contributed by atoms with van der Waals surface area (Å²) >= 11 is 1.21. The van der Waals surface area contributed by atoms with Crippen molar-refractivity contribution in [3.63, 3.8) is 0 Å². The van der Waals surface area contributed by atoms with E-state index in [2.05, 4.69) is 15.6 Å². The molecule has 0 radical (unpaired) electrons. The highest BCUT2D eigenvalue weighted by atomic mass is 32.2. The number of aromatic nitrogens is 2. The molecule has 3 N–H and O–H groups in total. The molecule has 0 bridgehead atoms. The SMILES string of the molecule is O=C(CSc1ncc(CO)n1CC(=O)NC1CCCC1)Nc1ccc2c(c1)OCO2. The van der Waals surface area contributed by atoms with Crippen LogP contribution >= 0.6 is 11.8 Å². The van der Waals surface area contributed by atoms with Gasteiger partial charge in [-0.15, -0.1) is 0 Å². The van der Waals surface area contributed by atoms with Crippen LogP contribution < -0.4 is 20.1 Å². The zero-order valence-electron chi connectivity index (χ0n) is 16.4. The van der Waals surface area contributed by atoms with Crippen molar-refractivity contribution in [2.75, 3.05) is 17.9 Å². The number of rotatable bonds is 8. The number of nitrogens with one attached hydrogen (secondary N) is 2. The van der Waals surface area contributed by atoms with Crippen molar-refractivity contribution in [2.45, 2.75) is 50.0 Å². The second-order valence-corrected chi connectivity index (χ2v) is 8.17. The minimum absolute atomic E-state index is 0.0680. The number of fused-ring (bicyclic) bond motifs is 1. The lowest BCUT2D eigenvalue weighted by atomic mass is 10.2. The van der Waals surface area contributed by atoms with Crippen LogP contribution in [0.25, 0.3) is 0 Å². The summed E-state index contributed by atoms with van der Waals surface area (Å²) in [6, 6.07) is 5.42. The molecule has 9 nitrogen and oxygen atoms in total. The number of hydrogen-bond donors (Lipinski definition) is 3. The zero-order chi connectivity index (χ0) is 20.9. The third-order valence-corrected chi connectivity index (χ3v) is 6.06. The van der Waals surface area contributed by atoms with E-state index in [1.807, 2.05) is 0 Å². The normalized spacial score (nSPS) is 15.4. The Morgan fingerprint density at radius 2 is 2.00 bits per heavy atom. The van der Waals surface area contributed by atoms with Gasteiger partial charge in [0.25, 0.3) is 0 Å². The maximum Gasteiger partial charge on any atom is 0.240 e. The molecule has 1 fully saturated rings. The molecule has 1 aliphatic carbocycles. The lowest BCUT2D eigenvalue weighted by Gasteiger charge is -2.14. The summed E-state index contributed by atoms with van der Waals surface area (Å²) in [5.41, 5.74) is 1.15. The van der Waals surface area contributed by atoms with Gasteiger partial charge in [0, 0.05) is 17.8 Å². The van der Waals surface area contributed by atoms with Crippen LogP contribution in [0.15, 0.2) is 29.6 Å². The Morgan fingerprint density at radius 1 is 1.20 bits per heavy atom. The van der Waals surface area contributed by atoms with Gasteiger partial charge in [-0.3, -0.25) is 9.59 Å². The van der Waals surface area contributed by atoms with E-state index in [1.165, 1.54) is 18.0 Å². The van der Waals surface area contributed by atoms with Crippen LogP contribution in [0.5, 0.6) is 11.5 Å². The summed E-state index contributed by atoms with van der Waals surface area (Å²) in [7, 11) is 0. The van der Waals surface area contributed by atoms with Gasteiger partial charge in [-0.05, 0) is 25.0 Å². The van der Waals surface area contributed by atoms with Gasteiger partial charge in [0.2, 0.25) is 18.6 Å². The van der Waals surface area contributed by atoms with Crippen molar-refractivity contribution < 1.29 is 24.2 Å². The first-order valence-corrected chi connectivity index (χ1v) is 10.9. The van der Waals surface area contributed by atoms with Gasteiger partial charge < -0.3 is 29.8 Å². The van der Waals surface area contributed by atoms with Crippen molar-refractivity contribution in [2.24, 2.45) is 0 Å². The van der Waals surface area contributed by atoms with Gasteiger partial charge >= 0.3 is 0 Å². The molecular formula is C20H24N4O5S. The predicted molar refractivity (Wildman–Crippen MR) is 110 cm³/mol. The van der Waals surface area contributed by atoms with Crippen molar-refractivity contribution in [3.05, 3.63) is 30.1 Å². The quantitative estimate of drug-likeness (QED) is 0.546. The van der Waals surface area contributed by atoms with Crippen LogP contribution in [-0.4, -0.2) is 45.1 Å². The van der Waals surface area contributed by atoms with Gasteiger partial charge in [0.05, 0.1) is 24.3 Å². The second-order valence-electron chi connectivity index (χ2n) is 7.23. The Morgan fingerprint density at radius 3 is 2.80 bits per heavy atom. The molecule has 0 atom stereocenters. The van der Waals surface area contributed by atoms with Crippen LogP contribution in [0.3, 0.4) is 0 Å². The van der Waals surface area contributed by atoms with Gasteiger partial charge in [-0.25, -0.2) is 4.98 Å². The Bertz CT molecular complexity index is 926. The lowest BCUT2D eigenvalue weighted by Crippen LogP contribution is -2.35. The fourth-order valence-electron chi connectivity index (χ4n) is 3.59. The summed E-state index contributed by atoms with van der Waals surface area (Å²) in [6.07, 6.45) is 5.81. The number of amides is 2.